The van der Waals surface area contributed by atoms with E-state index in [4.69, 9.17) is 10.5 Å². The van der Waals surface area contributed by atoms with Crippen molar-refractivity contribution in [1.29, 1.82) is 0 Å². The van der Waals surface area contributed by atoms with Gasteiger partial charge in [0, 0.05) is 13.1 Å². The molecule has 5 nitrogen and oxygen atoms in total. The van der Waals surface area contributed by atoms with Gasteiger partial charge in [-0.15, -0.1) is 0 Å². The molecule has 17 heavy (non-hydrogen) atoms. The maximum absolute atomic E-state index is 11.9. The average Bonchev–Trinajstić information content (AvgIpc) is 2.41. The third-order valence-corrected chi connectivity index (χ3v) is 2.19. The summed E-state index contributed by atoms with van der Waals surface area (Å²) in [5.74, 6) is 0. The highest BCUT2D eigenvalue weighted by Crippen LogP contribution is 2.11. The Hall–Kier alpha value is -1.52. The zero-order chi connectivity index (χ0) is 12.9. The second-order valence-corrected chi connectivity index (χ2v) is 4.99. The molecule has 0 spiro atoms. The van der Waals surface area contributed by atoms with Crippen LogP contribution >= 0.6 is 0 Å². The summed E-state index contributed by atoms with van der Waals surface area (Å²) in [7, 11) is 0. The number of aliphatic imine (C=N–C) groups is 1. The number of hydrogen-bond acceptors (Lipinski definition) is 4. The molecule has 0 aromatic carbocycles. The first kappa shape index (κ1) is 13.5. The molecule has 0 aromatic rings. The van der Waals surface area contributed by atoms with Crippen molar-refractivity contribution in [2.45, 2.75) is 32.8 Å². The van der Waals surface area contributed by atoms with Gasteiger partial charge in [0.2, 0.25) is 0 Å². The highest BCUT2D eigenvalue weighted by atomic mass is 16.6. The zero-order valence-corrected chi connectivity index (χ0v) is 10.8. The molecule has 1 rings (SSSR count). The van der Waals surface area contributed by atoms with Crippen LogP contribution in [-0.4, -0.2) is 41.9 Å². The molecule has 1 aliphatic rings. The van der Waals surface area contributed by atoms with E-state index in [2.05, 4.69) is 4.99 Å². The quantitative estimate of drug-likeness (QED) is 0.754. The van der Waals surface area contributed by atoms with Crippen molar-refractivity contribution < 1.29 is 9.53 Å². The van der Waals surface area contributed by atoms with Crippen molar-refractivity contribution in [2.24, 2.45) is 10.7 Å². The minimum absolute atomic E-state index is 0.294. The predicted molar refractivity (Wildman–Crippen MR) is 68.1 cm³/mol. The summed E-state index contributed by atoms with van der Waals surface area (Å²) < 4.78 is 5.34. The van der Waals surface area contributed by atoms with Gasteiger partial charge < -0.3 is 15.4 Å². The molecule has 96 valence electrons. The molecule has 1 heterocycles. The third kappa shape index (κ3) is 4.89. The second-order valence-electron chi connectivity index (χ2n) is 4.99. The number of carbonyl (C=O) groups is 1. The number of amides is 1. The Morgan fingerprint density at radius 3 is 2.82 bits per heavy atom. The van der Waals surface area contributed by atoms with E-state index in [0.29, 0.717) is 13.1 Å². The number of carbonyl (C=O) groups excluding carboxylic acids is 1. The summed E-state index contributed by atoms with van der Waals surface area (Å²) in [6.45, 7) is 7.43. The van der Waals surface area contributed by atoms with Crippen LogP contribution in [0.2, 0.25) is 0 Å². The van der Waals surface area contributed by atoms with Crippen molar-refractivity contribution in [2.75, 3.05) is 19.6 Å². The molecular formula is C12H21N3O2. The van der Waals surface area contributed by atoms with Gasteiger partial charge in [0.05, 0.1) is 12.3 Å². The molecule has 0 unspecified atom stereocenters. The summed E-state index contributed by atoms with van der Waals surface area (Å²) in [5, 5.41) is 0. The summed E-state index contributed by atoms with van der Waals surface area (Å²) in [6.07, 6.45) is 3.72. The largest absolute Gasteiger partial charge is 0.444 e. The lowest BCUT2D eigenvalue weighted by molar-refractivity contribution is 0.0281. The first-order valence-corrected chi connectivity index (χ1v) is 5.82. The first-order chi connectivity index (χ1) is 7.92. The van der Waals surface area contributed by atoms with Crippen molar-refractivity contribution in [3.63, 3.8) is 0 Å². The van der Waals surface area contributed by atoms with Gasteiger partial charge in [0.15, 0.2) is 0 Å². The van der Waals surface area contributed by atoms with E-state index < -0.39 is 5.60 Å². The highest BCUT2D eigenvalue weighted by molar-refractivity contribution is 5.98. The number of ether oxygens (including phenoxy) is 1. The molecule has 0 aromatic heterocycles. The molecule has 0 aliphatic carbocycles. The average molecular weight is 239 g/mol. The van der Waals surface area contributed by atoms with Crippen LogP contribution in [-0.2, 0) is 4.74 Å². The van der Waals surface area contributed by atoms with E-state index in [0.717, 1.165) is 18.7 Å². The Morgan fingerprint density at radius 1 is 1.53 bits per heavy atom. The van der Waals surface area contributed by atoms with E-state index >= 15 is 0 Å². The molecule has 0 fully saturated rings. The number of nitrogens with two attached hydrogens (primary N) is 1. The smallest absolute Gasteiger partial charge is 0.410 e. The summed E-state index contributed by atoms with van der Waals surface area (Å²) >= 11 is 0. The van der Waals surface area contributed by atoms with Gasteiger partial charge in [0.1, 0.15) is 5.60 Å². The fraction of sp³-hybridized carbons (Fsp3) is 0.667. The lowest BCUT2D eigenvalue weighted by Gasteiger charge is -2.26. The fourth-order valence-corrected chi connectivity index (χ4v) is 1.51. The zero-order valence-electron chi connectivity index (χ0n) is 10.8. The van der Waals surface area contributed by atoms with E-state index in [1.807, 2.05) is 20.8 Å². The van der Waals surface area contributed by atoms with E-state index in [1.165, 1.54) is 6.20 Å². The van der Waals surface area contributed by atoms with Crippen LogP contribution in [0.25, 0.3) is 0 Å². The molecule has 0 atom stereocenters. The highest BCUT2D eigenvalue weighted by Gasteiger charge is 2.23. The Bertz CT molecular complexity index is 329. The standard InChI is InChI=1S/C12H21N3O2/c1-12(2,3)17-11(16)15-8-4-7-14-10(9-15)5-6-13/h5-6H,4,7-9,13H2,1-3H3/b6-5-. The van der Waals surface area contributed by atoms with Crippen molar-refractivity contribution in [3.05, 3.63) is 12.3 Å². The van der Waals surface area contributed by atoms with Crippen molar-refractivity contribution in [1.82, 2.24) is 4.90 Å². The van der Waals surface area contributed by atoms with E-state index in [9.17, 15) is 4.79 Å². The van der Waals surface area contributed by atoms with Crippen molar-refractivity contribution >= 4 is 11.8 Å². The van der Waals surface area contributed by atoms with Crippen molar-refractivity contribution in [3.8, 4) is 0 Å². The Balaban J connectivity index is 2.65. The molecule has 2 N–H and O–H groups in total. The maximum atomic E-state index is 11.9. The molecule has 0 saturated heterocycles. The molecule has 0 bridgehead atoms. The van der Waals surface area contributed by atoms with Crippen LogP contribution in [0.3, 0.4) is 0 Å². The minimum atomic E-state index is -0.468. The summed E-state index contributed by atoms with van der Waals surface area (Å²) in [6, 6.07) is 0. The van der Waals surface area contributed by atoms with Gasteiger partial charge in [-0.05, 0) is 39.5 Å². The van der Waals surface area contributed by atoms with Gasteiger partial charge >= 0.3 is 6.09 Å². The van der Waals surface area contributed by atoms with E-state index in [-0.39, 0.29) is 6.09 Å². The molecular weight excluding hydrogens is 218 g/mol. The monoisotopic (exact) mass is 239 g/mol. The van der Waals surface area contributed by atoms with E-state index in [1.54, 1.807) is 11.0 Å². The lowest BCUT2D eigenvalue weighted by Crippen LogP contribution is -2.39. The Labute approximate surface area is 102 Å². The Kier molecular flexibility index (Phi) is 4.54. The van der Waals surface area contributed by atoms with Gasteiger partial charge in [-0.1, -0.05) is 0 Å². The Morgan fingerprint density at radius 2 is 2.24 bits per heavy atom. The third-order valence-electron chi connectivity index (χ3n) is 2.19. The number of hydrogen-bond donors (Lipinski definition) is 1. The summed E-state index contributed by atoms with van der Waals surface area (Å²) in [5.41, 5.74) is 5.69. The SMILES string of the molecule is CC(C)(C)OC(=O)N1CCCN=C(/C=C\N)C1. The van der Waals surface area contributed by atoms with Crippen LogP contribution in [0.4, 0.5) is 4.79 Å². The first-order valence-electron chi connectivity index (χ1n) is 5.82. The van der Waals surface area contributed by atoms with Crippen LogP contribution < -0.4 is 5.73 Å². The molecule has 0 saturated carbocycles. The molecule has 5 heteroatoms. The normalized spacial score (nSPS) is 17.8. The number of rotatable bonds is 1. The second kappa shape index (κ2) is 5.70. The van der Waals surface area contributed by atoms with Gasteiger partial charge in [-0.2, -0.15) is 0 Å². The van der Waals surface area contributed by atoms with Gasteiger partial charge in [-0.3, -0.25) is 4.99 Å². The van der Waals surface area contributed by atoms with Crippen LogP contribution in [0.15, 0.2) is 17.3 Å². The van der Waals surface area contributed by atoms with Gasteiger partial charge in [-0.25, -0.2) is 4.79 Å². The van der Waals surface area contributed by atoms with Crippen LogP contribution in [0.1, 0.15) is 27.2 Å². The fourth-order valence-electron chi connectivity index (χ4n) is 1.51. The molecule has 1 aliphatic heterocycles. The maximum Gasteiger partial charge on any atom is 0.410 e. The minimum Gasteiger partial charge on any atom is -0.444 e. The van der Waals surface area contributed by atoms with Gasteiger partial charge in [0.25, 0.3) is 0 Å². The van der Waals surface area contributed by atoms with Crippen LogP contribution in [0, 0.1) is 0 Å². The molecule has 0 radical (unpaired) electrons. The summed E-state index contributed by atoms with van der Waals surface area (Å²) in [4.78, 5) is 17.9. The molecule has 1 amide bonds. The predicted octanol–water partition coefficient (Wildman–Crippen LogP) is 1.54. The van der Waals surface area contributed by atoms with Crippen LogP contribution in [0.5, 0.6) is 0 Å². The topological polar surface area (TPSA) is 67.9 Å². The lowest BCUT2D eigenvalue weighted by atomic mass is 10.2. The number of nitrogens with zero attached hydrogens (tertiary/aromatic N) is 2.